The summed E-state index contributed by atoms with van der Waals surface area (Å²) in [7, 11) is 0. The van der Waals surface area contributed by atoms with Gasteiger partial charge in [0.2, 0.25) is 0 Å². The fourth-order valence-corrected chi connectivity index (χ4v) is 3.69. The van der Waals surface area contributed by atoms with E-state index in [1.807, 2.05) is 73.1 Å². The molecule has 5 rings (SSSR count). The Morgan fingerprint density at radius 2 is 1.31 bits per heavy atom. The number of rotatable bonds is 4. The Morgan fingerprint density at radius 1 is 0.655 bits per heavy atom. The molecule has 0 aliphatic heterocycles. The van der Waals surface area contributed by atoms with Gasteiger partial charge in [0.25, 0.3) is 0 Å². The largest absolute Gasteiger partial charge is 0.305 e. The lowest BCUT2D eigenvalue weighted by atomic mass is 9.98. The van der Waals surface area contributed by atoms with Crippen molar-refractivity contribution in [2.45, 2.75) is 0 Å². The molecule has 0 fully saturated rings. The van der Waals surface area contributed by atoms with E-state index in [0.29, 0.717) is 5.56 Å². The first kappa shape index (κ1) is 17.1. The van der Waals surface area contributed by atoms with Gasteiger partial charge in [-0.25, -0.2) is 4.98 Å². The fourth-order valence-electron chi connectivity index (χ4n) is 3.69. The molecule has 0 amide bonds. The Balaban J connectivity index is 1.79. The number of imidazole rings is 1. The van der Waals surface area contributed by atoms with Crippen molar-refractivity contribution < 1.29 is 4.79 Å². The third-order valence-corrected chi connectivity index (χ3v) is 5.10. The SMILES string of the molecule is O=Cc1ccccc1-c1cc(-c2ccccc2)c2nc(-c3ccccc3)cn2c1. The quantitative estimate of drug-likeness (QED) is 0.354. The van der Waals surface area contributed by atoms with E-state index in [0.717, 1.165) is 45.4 Å². The van der Waals surface area contributed by atoms with Crippen LogP contribution >= 0.6 is 0 Å². The number of fused-ring (bicyclic) bond motifs is 1. The third kappa shape index (κ3) is 3.13. The van der Waals surface area contributed by atoms with Gasteiger partial charge in [-0.1, -0.05) is 84.9 Å². The zero-order chi connectivity index (χ0) is 19.6. The number of aldehydes is 1. The molecule has 0 saturated heterocycles. The molecule has 0 radical (unpaired) electrons. The predicted octanol–water partition coefficient (Wildman–Crippen LogP) is 6.15. The minimum Gasteiger partial charge on any atom is -0.305 e. The molecule has 0 aliphatic rings. The predicted molar refractivity (Wildman–Crippen MR) is 117 cm³/mol. The van der Waals surface area contributed by atoms with Crippen LogP contribution in [0.5, 0.6) is 0 Å². The van der Waals surface area contributed by atoms with E-state index < -0.39 is 0 Å². The van der Waals surface area contributed by atoms with Crippen LogP contribution in [0.3, 0.4) is 0 Å². The second-order valence-corrected chi connectivity index (χ2v) is 6.94. The van der Waals surface area contributed by atoms with Crippen molar-refractivity contribution in [2.75, 3.05) is 0 Å². The summed E-state index contributed by atoms with van der Waals surface area (Å²) >= 11 is 0. The molecule has 3 nitrogen and oxygen atoms in total. The molecule has 0 spiro atoms. The molecule has 0 bridgehead atoms. The summed E-state index contributed by atoms with van der Waals surface area (Å²) in [5.41, 5.74) is 7.58. The van der Waals surface area contributed by atoms with Gasteiger partial charge in [0.15, 0.2) is 6.29 Å². The summed E-state index contributed by atoms with van der Waals surface area (Å²) in [6, 6.07) is 30.2. The molecule has 0 saturated carbocycles. The molecule has 0 unspecified atom stereocenters. The molecule has 3 heteroatoms. The van der Waals surface area contributed by atoms with E-state index >= 15 is 0 Å². The molecule has 0 aliphatic carbocycles. The summed E-state index contributed by atoms with van der Waals surface area (Å²) in [4.78, 5) is 16.5. The average molecular weight is 374 g/mol. The Morgan fingerprint density at radius 3 is 2.03 bits per heavy atom. The molecule has 0 atom stereocenters. The highest BCUT2D eigenvalue weighted by atomic mass is 16.1. The topological polar surface area (TPSA) is 34.4 Å². The highest BCUT2D eigenvalue weighted by Gasteiger charge is 2.14. The summed E-state index contributed by atoms with van der Waals surface area (Å²) < 4.78 is 2.06. The first-order valence-electron chi connectivity index (χ1n) is 9.52. The number of benzene rings is 3. The fraction of sp³-hybridized carbons (Fsp3) is 0. The lowest BCUT2D eigenvalue weighted by Crippen LogP contribution is -1.93. The number of nitrogens with zero attached hydrogens (tertiary/aromatic N) is 2. The standard InChI is InChI=1S/C26H18N2O/c29-18-21-13-7-8-14-23(21)22-15-24(19-9-3-1-4-10-19)26-27-25(17-28(26)16-22)20-11-5-2-6-12-20/h1-18H. The van der Waals surface area contributed by atoms with Crippen molar-refractivity contribution in [3.63, 3.8) is 0 Å². The molecule has 5 aromatic rings. The van der Waals surface area contributed by atoms with Crippen LogP contribution in [-0.2, 0) is 0 Å². The van der Waals surface area contributed by atoms with Crippen molar-refractivity contribution in [1.82, 2.24) is 9.38 Å². The van der Waals surface area contributed by atoms with Crippen LogP contribution in [0, 0.1) is 0 Å². The number of hydrogen-bond acceptors (Lipinski definition) is 2. The van der Waals surface area contributed by atoms with Crippen molar-refractivity contribution in [3.8, 4) is 33.5 Å². The molecule has 2 heterocycles. The Hall–Kier alpha value is -3.98. The average Bonchev–Trinajstić information content (AvgIpc) is 3.24. The van der Waals surface area contributed by atoms with Gasteiger partial charge >= 0.3 is 0 Å². The van der Waals surface area contributed by atoms with Crippen LogP contribution < -0.4 is 0 Å². The first-order valence-corrected chi connectivity index (χ1v) is 9.52. The van der Waals surface area contributed by atoms with Gasteiger partial charge < -0.3 is 4.40 Å². The van der Waals surface area contributed by atoms with Gasteiger partial charge in [-0.2, -0.15) is 0 Å². The monoisotopic (exact) mass is 374 g/mol. The van der Waals surface area contributed by atoms with Crippen LogP contribution in [0.2, 0.25) is 0 Å². The number of carbonyl (C=O) groups excluding carboxylic acids is 1. The van der Waals surface area contributed by atoms with Crippen molar-refractivity contribution in [2.24, 2.45) is 0 Å². The van der Waals surface area contributed by atoms with Gasteiger partial charge in [0, 0.05) is 29.1 Å². The summed E-state index contributed by atoms with van der Waals surface area (Å²) in [5.74, 6) is 0. The van der Waals surface area contributed by atoms with Crippen LogP contribution in [-0.4, -0.2) is 15.7 Å². The van der Waals surface area contributed by atoms with Gasteiger partial charge in [-0.3, -0.25) is 4.79 Å². The van der Waals surface area contributed by atoms with Gasteiger partial charge in [0.1, 0.15) is 5.65 Å². The number of carbonyl (C=O) groups is 1. The highest BCUT2D eigenvalue weighted by molar-refractivity contribution is 5.90. The van der Waals surface area contributed by atoms with E-state index in [-0.39, 0.29) is 0 Å². The van der Waals surface area contributed by atoms with Gasteiger partial charge in [-0.05, 0) is 22.8 Å². The molecule has 3 aromatic carbocycles. The Bertz CT molecular complexity index is 1300. The Labute approximate surface area is 168 Å². The second kappa shape index (κ2) is 7.21. The zero-order valence-electron chi connectivity index (χ0n) is 15.7. The van der Waals surface area contributed by atoms with Crippen molar-refractivity contribution >= 4 is 11.9 Å². The Kier molecular flexibility index (Phi) is 4.26. The van der Waals surface area contributed by atoms with Crippen LogP contribution in [0.25, 0.3) is 39.2 Å². The molecular formula is C26H18N2O. The van der Waals surface area contributed by atoms with Gasteiger partial charge in [-0.15, -0.1) is 0 Å². The number of aromatic nitrogens is 2. The summed E-state index contributed by atoms with van der Waals surface area (Å²) in [6.07, 6.45) is 5.00. The maximum Gasteiger partial charge on any atom is 0.150 e. The minimum absolute atomic E-state index is 0.675. The van der Waals surface area contributed by atoms with Gasteiger partial charge in [0.05, 0.1) is 5.69 Å². The molecule has 29 heavy (non-hydrogen) atoms. The maximum absolute atomic E-state index is 11.6. The number of hydrogen-bond donors (Lipinski definition) is 0. The zero-order valence-corrected chi connectivity index (χ0v) is 15.7. The molecular weight excluding hydrogens is 356 g/mol. The van der Waals surface area contributed by atoms with E-state index in [2.05, 4.69) is 34.7 Å². The van der Waals surface area contributed by atoms with Crippen LogP contribution in [0.1, 0.15) is 10.4 Å². The van der Waals surface area contributed by atoms with E-state index in [1.54, 1.807) is 0 Å². The normalized spacial score (nSPS) is 10.9. The van der Waals surface area contributed by atoms with E-state index in [4.69, 9.17) is 4.98 Å². The first-order chi connectivity index (χ1) is 14.3. The van der Waals surface area contributed by atoms with Crippen molar-refractivity contribution in [3.05, 3.63) is 109 Å². The highest BCUT2D eigenvalue weighted by Crippen LogP contribution is 2.32. The van der Waals surface area contributed by atoms with Crippen molar-refractivity contribution in [1.29, 1.82) is 0 Å². The van der Waals surface area contributed by atoms with Crippen LogP contribution in [0.4, 0.5) is 0 Å². The summed E-state index contributed by atoms with van der Waals surface area (Å²) in [6.45, 7) is 0. The van der Waals surface area contributed by atoms with Crippen LogP contribution in [0.15, 0.2) is 103 Å². The third-order valence-electron chi connectivity index (χ3n) is 5.10. The summed E-state index contributed by atoms with van der Waals surface area (Å²) in [5, 5.41) is 0. The maximum atomic E-state index is 11.6. The molecule has 0 N–H and O–H groups in total. The van der Waals surface area contributed by atoms with E-state index in [1.165, 1.54) is 0 Å². The lowest BCUT2D eigenvalue weighted by molar-refractivity contribution is 0.112. The van der Waals surface area contributed by atoms with E-state index in [9.17, 15) is 4.79 Å². The lowest BCUT2D eigenvalue weighted by Gasteiger charge is -2.10. The smallest absolute Gasteiger partial charge is 0.150 e. The molecule has 2 aromatic heterocycles. The second-order valence-electron chi connectivity index (χ2n) is 6.94. The molecule has 138 valence electrons. The number of pyridine rings is 1. The minimum atomic E-state index is 0.675.